The highest BCUT2D eigenvalue weighted by atomic mass is 16.6. The normalized spacial score (nSPS) is 19.4. The van der Waals surface area contributed by atoms with Gasteiger partial charge in [-0.05, 0) is 33.5 Å². The van der Waals surface area contributed by atoms with Crippen LogP contribution in [0, 0.1) is 0 Å². The Morgan fingerprint density at radius 1 is 1.32 bits per heavy atom. The number of ether oxygens (including phenoxy) is 2. The second-order valence-corrected chi connectivity index (χ2v) is 5.48. The summed E-state index contributed by atoms with van der Waals surface area (Å²) >= 11 is 0. The molecule has 0 N–H and O–H groups in total. The number of methoxy groups -OCH3 is 1. The lowest BCUT2D eigenvalue weighted by Gasteiger charge is -2.20. The third kappa shape index (κ3) is 6.59. The lowest BCUT2D eigenvalue weighted by Crippen LogP contribution is -2.28. The van der Waals surface area contributed by atoms with E-state index in [1.54, 1.807) is 0 Å². The molecule has 0 bridgehead atoms. The number of esters is 1. The van der Waals surface area contributed by atoms with Crippen molar-refractivity contribution in [3.63, 3.8) is 0 Å². The molecule has 0 radical (unpaired) electrons. The molecule has 1 atom stereocenters. The molecule has 19 heavy (non-hydrogen) atoms. The summed E-state index contributed by atoms with van der Waals surface area (Å²) in [5.74, 6) is -0.771. The fraction of sp³-hybridized carbons (Fsp3) is 0.833. The summed E-state index contributed by atoms with van der Waals surface area (Å²) in [6.45, 7) is 5.35. The van der Waals surface area contributed by atoms with Gasteiger partial charge in [-0.1, -0.05) is 0 Å². The van der Waals surface area contributed by atoms with Gasteiger partial charge in [-0.25, -0.2) is 0 Å². The molecule has 1 aliphatic heterocycles. The third-order valence-corrected chi connectivity index (χ3v) is 2.41. The van der Waals surface area contributed by atoms with Crippen LogP contribution in [0.1, 0.15) is 33.6 Å². The van der Waals surface area contributed by atoms with E-state index < -0.39 is 18.7 Å². The molecule has 1 aliphatic rings. The van der Waals surface area contributed by atoms with Gasteiger partial charge in [0.15, 0.2) is 0 Å². The van der Waals surface area contributed by atoms with Gasteiger partial charge >= 0.3 is 19.1 Å². The van der Waals surface area contributed by atoms with Crippen molar-refractivity contribution in [3.8, 4) is 0 Å². The summed E-state index contributed by atoms with van der Waals surface area (Å²) in [5, 5.41) is 0. The Kier molecular flexibility index (Phi) is 5.81. The van der Waals surface area contributed by atoms with Crippen molar-refractivity contribution < 1.29 is 28.4 Å². The minimum absolute atomic E-state index is 0.101. The van der Waals surface area contributed by atoms with Gasteiger partial charge in [-0.15, -0.1) is 0 Å². The van der Waals surface area contributed by atoms with Gasteiger partial charge < -0.3 is 18.8 Å². The summed E-state index contributed by atoms with van der Waals surface area (Å²) in [7, 11) is 0.831. The largest absolute Gasteiger partial charge is 0.527 e. The van der Waals surface area contributed by atoms with Crippen LogP contribution in [0.15, 0.2) is 0 Å². The van der Waals surface area contributed by atoms with Crippen LogP contribution in [0.3, 0.4) is 0 Å². The Morgan fingerprint density at radius 3 is 2.58 bits per heavy atom. The van der Waals surface area contributed by atoms with Crippen LogP contribution < -0.4 is 0 Å². The third-order valence-electron chi connectivity index (χ3n) is 2.41. The highest BCUT2D eigenvalue weighted by molar-refractivity contribution is 6.47. The standard InChI is InChI=1S/C12H21BO6/c1-12(2,3)17-10(14)7-9-5-6-13(18-9)19-11(15)8-16-4/h9H,5-8H2,1-4H3/t9-/m0/s1. The highest BCUT2D eigenvalue weighted by Gasteiger charge is 2.36. The molecule has 0 saturated carbocycles. The second-order valence-electron chi connectivity index (χ2n) is 5.48. The smallest absolute Gasteiger partial charge is 0.508 e. The Balaban J connectivity index is 2.28. The monoisotopic (exact) mass is 272 g/mol. The first-order chi connectivity index (χ1) is 8.80. The highest BCUT2D eigenvalue weighted by Crippen LogP contribution is 2.22. The van der Waals surface area contributed by atoms with E-state index in [4.69, 9.17) is 14.0 Å². The van der Waals surface area contributed by atoms with E-state index in [0.717, 1.165) is 0 Å². The van der Waals surface area contributed by atoms with E-state index in [-0.39, 0.29) is 25.1 Å². The van der Waals surface area contributed by atoms with Crippen LogP contribution >= 0.6 is 0 Å². The van der Waals surface area contributed by atoms with Crippen molar-refractivity contribution in [3.05, 3.63) is 0 Å². The molecule has 7 heteroatoms. The molecule has 0 spiro atoms. The number of hydrogen-bond acceptors (Lipinski definition) is 6. The Morgan fingerprint density at radius 2 is 2.00 bits per heavy atom. The minimum Gasteiger partial charge on any atom is -0.508 e. The first kappa shape index (κ1) is 16.0. The summed E-state index contributed by atoms with van der Waals surface area (Å²) in [6, 6.07) is 0. The van der Waals surface area contributed by atoms with Gasteiger partial charge in [0, 0.05) is 7.11 Å². The van der Waals surface area contributed by atoms with Crippen molar-refractivity contribution >= 4 is 19.1 Å². The molecule has 0 aromatic rings. The van der Waals surface area contributed by atoms with Crippen LogP contribution in [0.4, 0.5) is 0 Å². The average molecular weight is 272 g/mol. The molecule has 0 unspecified atom stereocenters. The molecular formula is C12H21BO6. The van der Waals surface area contributed by atoms with Gasteiger partial charge in [-0.3, -0.25) is 9.59 Å². The first-order valence-electron chi connectivity index (χ1n) is 6.36. The summed E-state index contributed by atoms with van der Waals surface area (Å²) < 4.78 is 20.4. The molecule has 1 fully saturated rings. The van der Waals surface area contributed by atoms with E-state index >= 15 is 0 Å². The quantitative estimate of drug-likeness (QED) is 0.553. The molecule has 0 amide bonds. The number of carbonyl (C=O) groups excluding carboxylic acids is 2. The van der Waals surface area contributed by atoms with Crippen LogP contribution in [-0.2, 0) is 28.4 Å². The maximum Gasteiger partial charge on any atom is 0.527 e. The first-order valence-corrected chi connectivity index (χ1v) is 6.36. The van der Waals surface area contributed by atoms with Crippen molar-refractivity contribution in [2.24, 2.45) is 0 Å². The van der Waals surface area contributed by atoms with Crippen LogP contribution in [0.5, 0.6) is 0 Å². The van der Waals surface area contributed by atoms with E-state index in [1.165, 1.54) is 7.11 Å². The maximum atomic E-state index is 11.6. The number of carbonyl (C=O) groups is 2. The van der Waals surface area contributed by atoms with Crippen molar-refractivity contribution in [2.75, 3.05) is 13.7 Å². The van der Waals surface area contributed by atoms with E-state index in [0.29, 0.717) is 12.7 Å². The Labute approximate surface area is 113 Å². The zero-order chi connectivity index (χ0) is 14.5. The van der Waals surface area contributed by atoms with Crippen LogP contribution in [-0.4, -0.2) is 44.5 Å². The average Bonchev–Trinajstić information content (AvgIpc) is 2.62. The van der Waals surface area contributed by atoms with E-state index in [9.17, 15) is 9.59 Å². The summed E-state index contributed by atoms with van der Waals surface area (Å²) in [4.78, 5) is 22.8. The zero-order valence-corrected chi connectivity index (χ0v) is 11.9. The lowest BCUT2D eigenvalue weighted by molar-refractivity contribution is -0.156. The molecule has 0 aromatic carbocycles. The molecular weight excluding hydrogens is 251 g/mol. The molecule has 1 heterocycles. The topological polar surface area (TPSA) is 71.1 Å². The van der Waals surface area contributed by atoms with Crippen molar-refractivity contribution in [2.45, 2.75) is 51.6 Å². The second kappa shape index (κ2) is 6.91. The molecule has 0 aliphatic carbocycles. The lowest BCUT2D eigenvalue weighted by atomic mass is 9.86. The molecule has 1 rings (SSSR count). The van der Waals surface area contributed by atoms with Crippen LogP contribution in [0.2, 0.25) is 6.32 Å². The summed E-state index contributed by atoms with van der Waals surface area (Å²) in [5.41, 5.74) is -0.500. The number of rotatable bonds is 5. The zero-order valence-electron chi connectivity index (χ0n) is 11.9. The van der Waals surface area contributed by atoms with Crippen LogP contribution in [0.25, 0.3) is 0 Å². The Bertz CT molecular complexity index is 325. The van der Waals surface area contributed by atoms with Gasteiger partial charge in [0.05, 0.1) is 12.5 Å². The van der Waals surface area contributed by atoms with Gasteiger partial charge in [0.1, 0.15) is 12.2 Å². The fourth-order valence-electron chi connectivity index (χ4n) is 1.78. The molecule has 0 aromatic heterocycles. The molecule has 6 nitrogen and oxygen atoms in total. The van der Waals surface area contributed by atoms with Crippen molar-refractivity contribution in [1.82, 2.24) is 0 Å². The Hall–Kier alpha value is -1.08. The fourth-order valence-corrected chi connectivity index (χ4v) is 1.78. The molecule has 1 saturated heterocycles. The van der Waals surface area contributed by atoms with Gasteiger partial charge in [0.25, 0.3) is 0 Å². The minimum atomic E-state index is -0.588. The van der Waals surface area contributed by atoms with Crippen molar-refractivity contribution in [1.29, 1.82) is 0 Å². The molecule has 108 valence electrons. The SMILES string of the molecule is COCC(=O)OB1CC[C@@H](CC(=O)OC(C)(C)C)O1. The van der Waals surface area contributed by atoms with E-state index in [2.05, 4.69) is 4.74 Å². The predicted octanol–water partition coefficient (Wildman–Crippen LogP) is 1.18. The predicted molar refractivity (Wildman–Crippen MR) is 68.5 cm³/mol. The van der Waals surface area contributed by atoms with Gasteiger partial charge in [0.2, 0.25) is 0 Å². The summed E-state index contributed by atoms with van der Waals surface area (Å²) in [6.07, 6.45) is 1.18. The van der Waals surface area contributed by atoms with E-state index in [1.807, 2.05) is 20.8 Å². The van der Waals surface area contributed by atoms with Gasteiger partial charge in [-0.2, -0.15) is 0 Å². The number of hydrogen-bond donors (Lipinski definition) is 0. The maximum absolute atomic E-state index is 11.6.